The van der Waals surface area contributed by atoms with Crippen LogP contribution in [0.2, 0.25) is 0 Å². The molecule has 1 rings (SSSR count). The average Bonchev–Trinajstić information content (AvgIpc) is 1.83. The molecule has 0 radical (unpaired) electrons. The summed E-state index contributed by atoms with van der Waals surface area (Å²) in [4.78, 5) is 0. The van der Waals surface area contributed by atoms with E-state index in [-0.39, 0.29) is 18.9 Å². The predicted octanol–water partition coefficient (Wildman–Crippen LogP) is -0.348. The molecule has 0 bridgehead atoms. The Hall–Kier alpha value is -0.523. The van der Waals surface area contributed by atoms with Crippen LogP contribution >= 0.6 is 0 Å². The third-order valence-corrected chi connectivity index (χ3v) is 0.963. The Morgan fingerprint density at radius 2 is 1.50 bits per heavy atom. The Kier molecular flexibility index (Phi) is 3.41. The smallest absolute Gasteiger partial charge is 0.694 e. The van der Waals surface area contributed by atoms with Crippen LogP contribution in [0.1, 0.15) is 0 Å². The monoisotopic (exact) mass is 135 g/mol. The third-order valence-electron chi connectivity index (χ3n) is 0.963. The van der Waals surface area contributed by atoms with Gasteiger partial charge in [-0.25, -0.2) is 8.78 Å². The largest absolute Gasteiger partial charge is 1.00 e. The van der Waals surface area contributed by atoms with Crippen molar-refractivity contribution in [3.8, 4) is 0 Å². The topological polar surface area (TPSA) is 23.8 Å². The minimum Gasteiger partial charge on any atom is -0.694 e. The van der Waals surface area contributed by atoms with Crippen LogP contribution in [-0.2, 0) is 0 Å². The summed E-state index contributed by atoms with van der Waals surface area (Å²) in [5, 5.41) is 0. The summed E-state index contributed by atoms with van der Waals surface area (Å²) >= 11 is 0. The van der Waals surface area contributed by atoms with Gasteiger partial charge >= 0.3 is 18.9 Å². The van der Waals surface area contributed by atoms with Crippen molar-refractivity contribution in [1.82, 2.24) is 0 Å². The molecule has 0 fully saturated rings. The van der Waals surface area contributed by atoms with Crippen molar-refractivity contribution >= 4 is 5.69 Å². The molecule has 0 aliphatic rings. The van der Waals surface area contributed by atoms with E-state index in [1.165, 1.54) is 6.07 Å². The van der Waals surface area contributed by atoms with Gasteiger partial charge in [-0.05, 0) is 12.1 Å². The normalized spacial score (nSPS) is 8.60. The first-order chi connectivity index (χ1) is 4.22. The van der Waals surface area contributed by atoms with Crippen LogP contribution in [0.4, 0.5) is 14.5 Å². The van der Waals surface area contributed by atoms with Gasteiger partial charge in [-0.3, -0.25) is 0 Å². The molecule has 0 amide bonds. The van der Waals surface area contributed by atoms with Crippen molar-refractivity contribution in [3.05, 3.63) is 35.6 Å². The van der Waals surface area contributed by atoms with Crippen LogP contribution < -0.4 is 18.9 Å². The Morgan fingerprint density at radius 3 is 1.80 bits per heavy atom. The number of hydrogen-bond acceptors (Lipinski definition) is 0. The van der Waals surface area contributed by atoms with E-state index >= 15 is 0 Å². The molecule has 4 heteroatoms. The summed E-state index contributed by atoms with van der Waals surface area (Å²) in [6, 6.07) is 3.32. The zero-order chi connectivity index (χ0) is 6.85. The van der Waals surface area contributed by atoms with Crippen LogP contribution in [-0.4, -0.2) is 0 Å². The number of nitrogens with one attached hydrogen (secondary N) is 1. The summed E-state index contributed by atoms with van der Waals surface area (Å²) in [5.41, 5.74) is 6.03. The van der Waals surface area contributed by atoms with Gasteiger partial charge in [-0.1, -0.05) is 11.8 Å². The van der Waals surface area contributed by atoms with E-state index in [0.29, 0.717) is 0 Å². The standard InChI is InChI=1S/C6H4F2N.Li/c7-4-2-1-3-5(8)6(4)9;/h1-3,9H;/q-1;+1. The van der Waals surface area contributed by atoms with Crippen LogP contribution in [0.25, 0.3) is 5.73 Å². The SMILES string of the molecule is [Li+].[NH-]c1c(F)cccc1F. The van der Waals surface area contributed by atoms with Gasteiger partial charge in [-0.2, -0.15) is 0 Å². The van der Waals surface area contributed by atoms with Crippen LogP contribution in [0.5, 0.6) is 0 Å². The maximum Gasteiger partial charge on any atom is 1.00 e. The second-order valence-corrected chi connectivity index (χ2v) is 1.60. The second kappa shape index (κ2) is 3.60. The minimum absolute atomic E-state index is 0. The van der Waals surface area contributed by atoms with Gasteiger partial charge < -0.3 is 5.73 Å². The Labute approximate surface area is 69.4 Å². The summed E-state index contributed by atoms with van der Waals surface area (Å²) in [5.74, 6) is -1.65. The molecule has 1 aromatic rings. The molecule has 0 saturated heterocycles. The summed E-state index contributed by atoms with van der Waals surface area (Å²) < 4.78 is 24.3. The molecule has 10 heavy (non-hydrogen) atoms. The molecule has 0 aliphatic heterocycles. The van der Waals surface area contributed by atoms with Gasteiger partial charge in [0.2, 0.25) is 0 Å². The van der Waals surface area contributed by atoms with E-state index < -0.39 is 17.3 Å². The van der Waals surface area contributed by atoms with Crippen LogP contribution in [0, 0.1) is 11.6 Å². The third kappa shape index (κ3) is 1.73. The molecule has 0 atom stereocenters. The number of benzene rings is 1. The quantitative estimate of drug-likeness (QED) is 0.434. The fourth-order valence-corrected chi connectivity index (χ4v) is 0.498. The van der Waals surface area contributed by atoms with Crippen molar-refractivity contribution in [1.29, 1.82) is 0 Å². The molecule has 48 valence electrons. The van der Waals surface area contributed by atoms with Crippen LogP contribution in [0.3, 0.4) is 0 Å². The van der Waals surface area contributed by atoms with Gasteiger partial charge in [0.25, 0.3) is 0 Å². The molecule has 1 aromatic carbocycles. The van der Waals surface area contributed by atoms with Crippen LogP contribution in [0.15, 0.2) is 18.2 Å². The van der Waals surface area contributed by atoms with E-state index in [9.17, 15) is 8.78 Å². The van der Waals surface area contributed by atoms with E-state index in [1.54, 1.807) is 0 Å². The molecule has 0 spiro atoms. The van der Waals surface area contributed by atoms with Gasteiger partial charge in [0.1, 0.15) is 11.6 Å². The van der Waals surface area contributed by atoms with Crippen molar-refractivity contribution in [3.63, 3.8) is 0 Å². The zero-order valence-electron chi connectivity index (χ0n) is 5.49. The van der Waals surface area contributed by atoms with E-state index in [0.717, 1.165) is 12.1 Å². The van der Waals surface area contributed by atoms with Crippen molar-refractivity contribution in [2.75, 3.05) is 0 Å². The minimum atomic E-state index is -0.824. The molecule has 0 heterocycles. The Balaban J connectivity index is 0.000000810. The first-order valence-corrected chi connectivity index (χ1v) is 2.37. The first-order valence-electron chi connectivity index (χ1n) is 2.37. The number of hydrogen-bond donors (Lipinski definition) is 0. The number of halogens is 2. The molecule has 0 aromatic heterocycles. The fraction of sp³-hybridized carbons (Fsp3) is 0. The summed E-state index contributed by atoms with van der Waals surface area (Å²) in [7, 11) is 0. The van der Waals surface area contributed by atoms with E-state index in [2.05, 4.69) is 0 Å². The second-order valence-electron chi connectivity index (χ2n) is 1.60. The average molecular weight is 135 g/mol. The maximum atomic E-state index is 12.2. The number of rotatable bonds is 0. The van der Waals surface area contributed by atoms with Gasteiger partial charge in [0.15, 0.2) is 0 Å². The van der Waals surface area contributed by atoms with Gasteiger partial charge in [0, 0.05) is 0 Å². The Morgan fingerprint density at radius 1 is 1.10 bits per heavy atom. The van der Waals surface area contributed by atoms with Gasteiger partial charge in [-0.15, -0.1) is 0 Å². The molecular weight excluding hydrogens is 131 g/mol. The molecule has 1 nitrogen and oxygen atoms in total. The first kappa shape index (κ1) is 9.48. The summed E-state index contributed by atoms with van der Waals surface area (Å²) in [6.45, 7) is 0. The molecule has 0 aliphatic carbocycles. The maximum absolute atomic E-state index is 12.2. The molecule has 1 N–H and O–H groups in total. The summed E-state index contributed by atoms with van der Waals surface area (Å²) in [6.07, 6.45) is 0. The molecular formula is C6H4F2LiN. The predicted molar refractivity (Wildman–Crippen MR) is 30.3 cm³/mol. The van der Waals surface area contributed by atoms with E-state index in [4.69, 9.17) is 5.73 Å². The van der Waals surface area contributed by atoms with Gasteiger partial charge in [0.05, 0.1) is 0 Å². The van der Waals surface area contributed by atoms with E-state index in [1.807, 2.05) is 0 Å². The van der Waals surface area contributed by atoms with Crippen molar-refractivity contribution in [2.24, 2.45) is 0 Å². The zero-order valence-corrected chi connectivity index (χ0v) is 5.49. The fourth-order valence-electron chi connectivity index (χ4n) is 0.498. The molecule has 0 unspecified atom stereocenters. The van der Waals surface area contributed by atoms with Crippen molar-refractivity contribution in [2.45, 2.75) is 0 Å². The Bertz CT molecular complexity index is 207. The molecule has 0 saturated carbocycles. The van der Waals surface area contributed by atoms with Crippen molar-refractivity contribution < 1.29 is 27.6 Å².